The zero-order valence-electron chi connectivity index (χ0n) is 7.68. The number of rotatable bonds is 2. The summed E-state index contributed by atoms with van der Waals surface area (Å²) in [4.78, 5) is 14.2. The zero-order valence-corrected chi connectivity index (χ0v) is 7.68. The molecule has 1 aromatic rings. The molecule has 0 aromatic heterocycles. The standard InChI is InChI=1S/C10H8FNO3/c11-7-3-1-2-6(4-7)8-5-12-9(15-8)10(13)14/h1-4,8H,5H2,(H,13,14). The van der Waals surface area contributed by atoms with Crippen molar-refractivity contribution in [1.82, 2.24) is 0 Å². The van der Waals surface area contributed by atoms with Gasteiger partial charge in [-0.1, -0.05) is 12.1 Å². The molecule has 0 bridgehead atoms. The smallest absolute Gasteiger partial charge is 0.391 e. The Morgan fingerprint density at radius 3 is 3.00 bits per heavy atom. The summed E-state index contributed by atoms with van der Waals surface area (Å²) in [7, 11) is 0. The Morgan fingerprint density at radius 2 is 2.40 bits per heavy atom. The van der Waals surface area contributed by atoms with E-state index in [1.54, 1.807) is 12.1 Å². The molecule has 1 aliphatic heterocycles. The van der Waals surface area contributed by atoms with Gasteiger partial charge in [0.25, 0.3) is 5.90 Å². The lowest BCUT2D eigenvalue weighted by Gasteiger charge is -2.09. The molecule has 1 N–H and O–H groups in total. The SMILES string of the molecule is O=C(O)C1=NCC(c2cccc(F)c2)O1. The highest BCUT2D eigenvalue weighted by molar-refractivity contribution is 6.32. The third-order valence-corrected chi connectivity index (χ3v) is 2.06. The van der Waals surface area contributed by atoms with Gasteiger partial charge in [0.15, 0.2) is 0 Å². The molecule has 0 saturated carbocycles. The van der Waals surface area contributed by atoms with E-state index in [0.29, 0.717) is 5.56 Å². The fourth-order valence-corrected chi connectivity index (χ4v) is 1.37. The van der Waals surface area contributed by atoms with Gasteiger partial charge in [-0.25, -0.2) is 14.2 Å². The number of halogens is 1. The summed E-state index contributed by atoms with van der Waals surface area (Å²) in [6.07, 6.45) is -0.494. The lowest BCUT2D eigenvalue weighted by molar-refractivity contribution is -0.131. The van der Waals surface area contributed by atoms with Crippen LogP contribution in [-0.4, -0.2) is 23.5 Å². The molecule has 4 nitrogen and oxygen atoms in total. The van der Waals surface area contributed by atoms with E-state index in [2.05, 4.69) is 4.99 Å². The first-order valence-electron chi connectivity index (χ1n) is 4.36. The summed E-state index contributed by atoms with van der Waals surface area (Å²) in [5, 5.41) is 8.60. The van der Waals surface area contributed by atoms with Crippen LogP contribution in [0.25, 0.3) is 0 Å². The monoisotopic (exact) mass is 209 g/mol. The van der Waals surface area contributed by atoms with Crippen LogP contribution in [0, 0.1) is 5.82 Å². The summed E-state index contributed by atoms with van der Waals surface area (Å²) in [5.74, 6) is -1.89. The molecule has 0 aliphatic carbocycles. The molecule has 1 aromatic carbocycles. The van der Waals surface area contributed by atoms with Crippen molar-refractivity contribution in [2.24, 2.45) is 4.99 Å². The number of aliphatic imine (C=N–C) groups is 1. The minimum Gasteiger partial charge on any atom is -0.474 e. The first kappa shape index (κ1) is 9.64. The predicted molar refractivity (Wildman–Crippen MR) is 50.2 cm³/mol. The van der Waals surface area contributed by atoms with Crippen molar-refractivity contribution < 1.29 is 19.0 Å². The van der Waals surface area contributed by atoms with Crippen molar-refractivity contribution in [2.45, 2.75) is 6.10 Å². The van der Waals surface area contributed by atoms with Crippen molar-refractivity contribution in [3.05, 3.63) is 35.6 Å². The Kier molecular flexibility index (Phi) is 2.37. The Hall–Kier alpha value is -1.91. The van der Waals surface area contributed by atoms with Crippen LogP contribution in [0.4, 0.5) is 4.39 Å². The van der Waals surface area contributed by atoms with Crippen LogP contribution in [0.1, 0.15) is 11.7 Å². The number of carbonyl (C=O) groups is 1. The van der Waals surface area contributed by atoms with Crippen LogP contribution < -0.4 is 0 Å². The Labute approximate surface area is 85.0 Å². The van der Waals surface area contributed by atoms with Gasteiger partial charge in [-0.05, 0) is 17.7 Å². The van der Waals surface area contributed by atoms with Crippen molar-refractivity contribution in [1.29, 1.82) is 0 Å². The molecule has 1 atom stereocenters. The maximum absolute atomic E-state index is 12.9. The summed E-state index contributed by atoms with van der Waals surface area (Å²) in [6, 6.07) is 5.85. The average Bonchev–Trinajstić information content (AvgIpc) is 2.66. The Morgan fingerprint density at radius 1 is 1.60 bits per heavy atom. The van der Waals surface area contributed by atoms with E-state index in [0.717, 1.165) is 0 Å². The first-order valence-corrected chi connectivity index (χ1v) is 4.36. The lowest BCUT2D eigenvalue weighted by atomic mass is 10.1. The van der Waals surface area contributed by atoms with Gasteiger partial charge in [-0.2, -0.15) is 0 Å². The number of aliphatic carboxylic acids is 1. The summed E-state index contributed by atoms with van der Waals surface area (Å²) >= 11 is 0. The van der Waals surface area contributed by atoms with Crippen molar-refractivity contribution in [3.63, 3.8) is 0 Å². The van der Waals surface area contributed by atoms with E-state index >= 15 is 0 Å². The predicted octanol–water partition coefficient (Wildman–Crippen LogP) is 1.38. The number of hydrogen-bond acceptors (Lipinski definition) is 3. The third kappa shape index (κ3) is 1.96. The Balaban J connectivity index is 2.13. The van der Waals surface area contributed by atoms with Crippen LogP contribution >= 0.6 is 0 Å². The molecular formula is C10H8FNO3. The van der Waals surface area contributed by atoms with Crippen LogP contribution in [-0.2, 0) is 9.53 Å². The third-order valence-electron chi connectivity index (χ3n) is 2.06. The van der Waals surface area contributed by atoms with E-state index in [1.807, 2.05) is 0 Å². The number of benzene rings is 1. The fourth-order valence-electron chi connectivity index (χ4n) is 1.37. The molecule has 78 valence electrons. The highest BCUT2D eigenvalue weighted by Gasteiger charge is 2.26. The van der Waals surface area contributed by atoms with Gasteiger partial charge in [0, 0.05) is 0 Å². The highest BCUT2D eigenvalue weighted by atomic mass is 19.1. The second-order valence-electron chi connectivity index (χ2n) is 3.11. The molecule has 1 unspecified atom stereocenters. The number of nitrogens with zero attached hydrogens (tertiary/aromatic N) is 1. The van der Waals surface area contributed by atoms with Gasteiger partial charge in [0.05, 0.1) is 6.54 Å². The van der Waals surface area contributed by atoms with Gasteiger partial charge in [-0.15, -0.1) is 0 Å². The van der Waals surface area contributed by atoms with Gasteiger partial charge < -0.3 is 9.84 Å². The minimum atomic E-state index is -1.20. The van der Waals surface area contributed by atoms with Crippen molar-refractivity contribution in [2.75, 3.05) is 6.54 Å². The van der Waals surface area contributed by atoms with Crippen LogP contribution in [0.5, 0.6) is 0 Å². The van der Waals surface area contributed by atoms with Crippen LogP contribution in [0.3, 0.4) is 0 Å². The van der Waals surface area contributed by atoms with Crippen molar-refractivity contribution in [3.8, 4) is 0 Å². The van der Waals surface area contributed by atoms with Gasteiger partial charge >= 0.3 is 5.97 Å². The molecule has 15 heavy (non-hydrogen) atoms. The summed E-state index contributed by atoms with van der Waals surface area (Å²) < 4.78 is 17.9. The van der Waals surface area contributed by atoms with Gasteiger partial charge in [-0.3, -0.25) is 0 Å². The zero-order chi connectivity index (χ0) is 10.8. The van der Waals surface area contributed by atoms with Crippen molar-refractivity contribution >= 4 is 11.9 Å². The number of carboxylic acids is 1. The maximum atomic E-state index is 12.9. The molecule has 0 radical (unpaired) electrons. The second-order valence-corrected chi connectivity index (χ2v) is 3.11. The molecule has 0 amide bonds. The van der Waals surface area contributed by atoms with E-state index < -0.39 is 12.1 Å². The molecule has 0 spiro atoms. The normalized spacial score (nSPS) is 19.5. The molecule has 5 heteroatoms. The van der Waals surface area contributed by atoms with E-state index in [1.165, 1.54) is 12.1 Å². The molecule has 0 saturated heterocycles. The van der Waals surface area contributed by atoms with Gasteiger partial charge in [0.2, 0.25) is 0 Å². The van der Waals surface area contributed by atoms with E-state index in [4.69, 9.17) is 9.84 Å². The maximum Gasteiger partial charge on any atom is 0.391 e. The second kappa shape index (κ2) is 3.68. The lowest BCUT2D eigenvalue weighted by Crippen LogP contribution is -2.14. The summed E-state index contributed by atoms with van der Waals surface area (Å²) in [6.45, 7) is 0.213. The fraction of sp³-hybridized carbons (Fsp3) is 0.200. The largest absolute Gasteiger partial charge is 0.474 e. The highest BCUT2D eigenvalue weighted by Crippen LogP contribution is 2.23. The van der Waals surface area contributed by atoms with Crippen LogP contribution in [0.15, 0.2) is 29.3 Å². The average molecular weight is 209 g/mol. The first-order chi connectivity index (χ1) is 7.16. The molecule has 2 rings (SSSR count). The minimum absolute atomic E-state index is 0.213. The Bertz CT molecular complexity index is 430. The van der Waals surface area contributed by atoms with Gasteiger partial charge in [0.1, 0.15) is 11.9 Å². The number of hydrogen-bond donors (Lipinski definition) is 1. The topological polar surface area (TPSA) is 58.9 Å². The number of carboxylic acid groups (broad SMARTS) is 1. The van der Waals surface area contributed by atoms with E-state index in [9.17, 15) is 9.18 Å². The van der Waals surface area contributed by atoms with E-state index in [-0.39, 0.29) is 18.3 Å². The molecule has 1 heterocycles. The summed E-state index contributed by atoms with van der Waals surface area (Å²) in [5.41, 5.74) is 0.593. The molecule has 1 aliphatic rings. The molecule has 0 fully saturated rings. The molecular weight excluding hydrogens is 201 g/mol. The number of ether oxygens (including phenoxy) is 1. The van der Waals surface area contributed by atoms with Crippen LogP contribution in [0.2, 0.25) is 0 Å². The quantitative estimate of drug-likeness (QED) is 0.800.